The molecule has 0 aliphatic heterocycles. The van der Waals surface area contributed by atoms with E-state index in [0.717, 1.165) is 22.5 Å². The molecule has 0 saturated carbocycles. The molecule has 14 nitrogen and oxygen atoms in total. The molecule has 6 heterocycles. The van der Waals surface area contributed by atoms with Crippen LogP contribution in [0.5, 0.6) is 0 Å². The number of nitrogens with one attached hydrogen (secondary N) is 1. The largest absolute Gasteiger partial charge is 0.384 e. The van der Waals surface area contributed by atoms with Crippen LogP contribution >= 0.6 is 45.9 Å². The van der Waals surface area contributed by atoms with Crippen molar-refractivity contribution in [3.05, 3.63) is 140 Å². The van der Waals surface area contributed by atoms with Gasteiger partial charge in [-0.1, -0.05) is 104 Å². The number of anilines is 3. The van der Waals surface area contributed by atoms with Gasteiger partial charge in [0.15, 0.2) is 16.4 Å². The number of nitrogens with two attached hydrogens (primary N) is 1. The van der Waals surface area contributed by atoms with E-state index in [1.807, 2.05) is 62.4 Å². The summed E-state index contributed by atoms with van der Waals surface area (Å²) in [6.07, 6.45) is 6.13. The monoisotopic (exact) mass is 864 g/mol. The average molecular weight is 866 g/mol. The van der Waals surface area contributed by atoms with Crippen molar-refractivity contribution in [3.63, 3.8) is 0 Å². The Kier molecular flexibility index (Phi) is 14.7. The van der Waals surface area contributed by atoms with E-state index in [1.165, 1.54) is 40.0 Å². The minimum atomic E-state index is -3.48. The molecule has 8 aromatic rings. The standard InChI is InChI=1S/C17H12ClN5OS.C14H12ClN3O3S2.C5H6N2.2CH4/c1-10-5-4-6-11(18)13(10)23-9-20-15-14(16(23)24)25-17(22-15)21-12-7-2-3-8-19-12;1-3-23(20,21)14-17-12-11(22-14)13(19)18(7-16-12)10-8(2)5-4-6-9(10)15;6-5-3-1-2-4-7-5;;/h2-9H,1H3,(H,19,21,22);4-7H,3H2,1-2H3;1-4H,(H2,6,7);2*1H4. The van der Waals surface area contributed by atoms with E-state index >= 15 is 0 Å². The molecular formula is C38H38Cl2N10O4S3. The van der Waals surface area contributed by atoms with E-state index in [0.29, 0.717) is 48.5 Å². The summed E-state index contributed by atoms with van der Waals surface area (Å²) >= 11 is 14.5. The van der Waals surface area contributed by atoms with Crippen LogP contribution in [0.25, 0.3) is 32.1 Å². The van der Waals surface area contributed by atoms with Crippen molar-refractivity contribution in [2.45, 2.75) is 40.0 Å². The Morgan fingerprint density at radius 3 is 1.68 bits per heavy atom. The first kappa shape index (κ1) is 44.1. The number of aryl methyl sites for hydroxylation is 2. The smallest absolute Gasteiger partial charge is 0.277 e. The fourth-order valence-corrected chi connectivity index (χ4v) is 8.76. The minimum absolute atomic E-state index is 0. The van der Waals surface area contributed by atoms with Crippen LogP contribution in [0.1, 0.15) is 32.9 Å². The lowest BCUT2D eigenvalue weighted by atomic mass is 10.2. The molecule has 8 rings (SSSR count). The summed E-state index contributed by atoms with van der Waals surface area (Å²) in [6, 6.07) is 21.8. The number of pyridine rings is 2. The quantitative estimate of drug-likeness (QED) is 0.162. The van der Waals surface area contributed by atoms with E-state index in [1.54, 1.807) is 36.7 Å². The second kappa shape index (κ2) is 19.0. The number of rotatable bonds is 6. The van der Waals surface area contributed by atoms with Crippen LogP contribution < -0.4 is 22.2 Å². The SMILES string of the molecule is C.C.CCS(=O)(=O)c1nc2ncn(-c3c(C)cccc3Cl)c(=O)c2s1.Cc1cccc(Cl)c1-n1cnc2nc(Nc3ccccn3)sc2c1=O.Nc1ccccn1. The average Bonchev–Trinajstić information content (AvgIpc) is 3.81. The van der Waals surface area contributed by atoms with Gasteiger partial charge in [-0.15, -0.1) is 0 Å². The maximum Gasteiger partial charge on any atom is 0.277 e. The third-order valence-electron chi connectivity index (χ3n) is 7.71. The summed E-state index contributed by atoms with van der Waals surface area (Å²) in [4.78, 5) is 50.3. The maximum atomic E-state index is 12.9. The highest BCUT2D eigenvalue weighted by Gasteiger charge is 2.21. The molecule has 0 bridgehead atoms. The second-order valence-corrected chi connectivity index (χ2v) is 16.7. The Labute approximate surface area is 346 Å². The van der Waals surface area contributed by atoms with Crippen molar-refractivity contribution in [1.29, 1.82) is 0 Å². The zero-order valence-corrected chi connectivity index (χ0v) is 33.2. The molecule has 0 aliphatic rings. The molecule has 19 heteroatoms. The van der Waals surface area contributed by atoms with Crippen LogP contribution in [0.4, 0.5) is 16.8 Å². The lowest BCUT2D eigenvalue weighted by Gasteiger charge is -2.10. The van der Waals surface area contributed by atoms with Crippen molar-refractivity contribution in [2.24, 2.45) is 0 Å². The number of nitrogen functional groups attached to an aromatic ring is 1. The molecule has 3 N–H and O–H groups in total. The van der Waals surface area contributed by atoms with Crippen LogP contribution in [0.2, 0.25) is 10.0 Å². The van der Waals surface area contributed by atoms with Crippen molar-refractivity contribution < 1.29 is 8.42 Å². The van der Waals surface area contributed by atoms with E-state index in [-0.39, 0.29) is 46.4 Å². The van der Waals surface area contributed by atoms with Crippen LogP contribution in [0.3, 0.4) is 0 Å². The third kappa shape index (κ3) is 9.87. The van der Waals surface area contributed by atoms with Gasteiger partial charge in [0.05, 0.1) is 27.2 Å². The summed E-state index contributed by atoms with van der Waals surface area (Å²) in [5.74, 6) is 1.15. The van der Waals surface area contributed by atoms with Crippen molar-refractivity contribution in [1.82, 2.24) is 39.0 Å². The minimum Gasteiger partial charge on any atom is -0.384 e. The first-order valence-corrected chi connectivity index (χ1v) is 20.3. The number of benzene rings is 2. The lowest BCUT2D eigenvalue weighted by Crippen LogP contribution is -2.19. The van der Waals surface area contributed by atoms with Gasteiger partial charge in [-0.2, -0.15) is 4.98 Å². The van der Waals surface area contributed by atoms with Crippen LogP contribution in [-0.4, -0.2) is 53.2 Å². The summed E-state index contributed by atoms with van der Waals surface area (Å²) in [5, 5.41) is 4.56. The Morgan fingerprint density at radius 1 is 0.702 bits per heavy atom. The number of nitrogens with zero attached hydrogens (tertiary/aromatic N) is 8. The predicted octanol–water partition coefficient (Wildman–Crippen LogP) is 8.48. The Hall–Kier alpha value is -5.59. The number of hydrogen-bond acceptors (Lipinski definition) is 14. The van der Waals surface area contributed by atoms with Gasteiger partial charge in [-0.05, 0) is 61.4 Å². The number of thiazole rings is 2. The Balaban J connectivity index is 0.000000210. The molecule has 0 atom stereocenters. The molecule has 2 aromatic carbocycles. The van der Waals surface area contributed by atoms with Gasteiger partial charge >= 0.3 is 0 Å². The fourth-order valence-electron chi connectivity index (χ4n) is 5.01. The van der Waals surface area contributed by atoms with Crippen molar-refractivity contribution >= 4 is 93.2 Å². The number of hydrogen-bond donors (Lipinski definition) is 2. The molecule has 0 spiro atoms. The van der Waals surface area contributed by atoms with Gasteiger partial charge in [-0.3, -0.25) is 18.7 Å². The molecule has 57 heavy (non-hydrogen) atoms. The summed E-state index contributed by atoms with van der Waals surface area (Å²) in [5.41, 5.74) is 8.06. The Bertz CT molecular complexity index is 2830. The first-order chi connectivity index (χ1) is 26.4. The number of sulfone groups is 1. The Morgan fingerprint density at radius 2 is 1.23 bits per heavy atom. The fraction of sp³-hybridized carbons (Fsp3) is 0.158. The normalized spacial score (nSPS) is 10.7. The number of aromatic nitrogens is 8. The molecule has 0 aliphatic carbocycles. The molecular weight excluding hydrogens is 828 g/mol. The molecule has 0 radical (unpaired) electrons. The van der Waals surface area contributed by atoms with E-state index < -0.39 is 9.84 Å². The highest BCUT2D eigenvalue weighted by molar-refractivity contribution is 7.93. The number of para-hydroxylation sites is 2. The van der Waals surface area contributed by atoms with Gasteiger partial charge in [-0.25, -0.2) is 33.3 Å². The van der Waals surface area contributed by atoms with Gasteiger partial charge in [0.2, 0.25) is 14.2 Å². The molecule has 6 aromatic heterocycles. The lowest BCUT2D eigenvalue weighted by molar-refractivity contribution is 0.596. The second-order valence-electron chi connectivity index (χ2n) is 11.5. The van der Waals surface area contributed by atoms with Crippen molar-refractivity contribution in [2.75, 3.05) is 16.8 Å². The van der Waals surface area contributed by atoms with Gasteiger partial charge in [0, 0.05) is 12.4 Å². The summed E-state index contributed by atoms with van der Waals surface area (Å²) in [6.45, 7) is 5.26. The maximum absolute atomic E-state index is 12.9. The number of fused-ring (bicyclic) bond motifs is 2. The van der Waals surface area contributed by atoms with Crippen molar-refractivity contribution in [3.8, 4) is 11.4 Å². The third-order valence-corrected chi connectivity index (χ3v) is 12.5. The summed E-state index contributed by atoms with van der Waals surface area (Å²) in [7, 11) is -3.48. The predicted molar refractivity (Wildman–Crippen MR) is 233 cm³/mol. The molecule has 0 amide bonds. The van der Waals surface area contributed by atoms with E-state index in [9.17, 15) is 18.0 Å². The van der Waals surface area contributed by atoms with Gasteiger partial charge < -0.3 is 11.1 Å². The van der Waals surface area contributed by atoms with Crippen LogP contribution in [0.15, 0.2) is 112 Å². The zero-order chi connectivity index (χ0) is 39.3. The van der Waals surface area contributed by atoms with E-state index in [4.69, 9.17) is 28.9 Å². The molecule has 0 fully saturated rings. The van der Waals surface area contributed by atoms with Crippen LogP contribution in [0, 0.1) is 13.8 Å². The topological polar surface area (TPSA) is 194 Å². The number of halogens is 2. The molecule has 0 unspecified atom stereocenters. The van der Waals surface area contributed by atoms with Gasteiger partial charge in [0.25, 0.3) is 11.1 Å². The zero-order valence-electron chi connectivity index (χ0n) is 29.2. The van der Waals surface area contributed by atoms with Crippen LogP contribution in [-0.2, 0) is 9.84 Å². The highest BCUT2D eigenvalue weighted by Crippen LogP contribution is 2.28. The first-order valence-electron chi connectivity index (χ1n) is 16.2. The molecule has 296 valence electrons. The summed E-state index contributed by atoms with van der Waals surface area (Å²) < 4.78 is 27.2. The van der Waals surface area contributed by atoms with Gasteiger partial charge in [0.1, 0.15) is 33.7 Å². The van der Waals surface area contributed by atoms with E-state index in [2.05, 4.69) is 35.2 Å². The highest BCUT2D eigenvalue weighted by atomic mass is 35.5. The molecule has 0 saturated heterocycles.